The van der Waals surface area contributed by atoms with Gasteiger partial charge in [-0.05, 0) is 49.9 Å². The summed E-state index contributed by atoms with van der Waals surface area (Å²) in [5, 5.41) is 3.78. The van der Waals surface area contributed by atoms with E-state index in [1.165, 1.54) is 11.3 Å². The molecule has 0 unspecified atom stereocenters. The summed E-state index contributed by atoms with van der Waals surface area (Å²) in [6.07, 6.45) is 5.19. The number of nitrogens with zero attached hydrogens (tertiary/aromatic N) is 3. The van der Waals surface area contributed by atoms with Gasteiger partial charge in [-0.15, -0.1) is 11.3 Å². The van der Waals surface area contributed by atoms with E-state index in [9.17, 15) is 14.4 Å². The van der Waals surface area contributed by atoms with Crippen molar-refractivity contribution in [2.24, 2.45) is 0 Å². The Hall–Kier alpha value is -2.71. The minimum atomic E-state index is -0.336. The zero-order valence-corrected chi connectivity index (χ0v) is 19.3. The van der Waals surface area contributed by atoms with Gasteiger partial charge in [0.2, 0.25) is 5.91 Å². The fourth-order valence-electron chi connectivity index (χ4n) is 4.50. The fourth-order valence-corrected chi connectivity index (χ4v) is 5.75. The molecule has 1 N–H and O–H groups in total. The average molecular weight is 471 g/mol. The first-order valence-corrected chi connectivity index (χ1v) is 12.1. The number of hydrogen-bond acceptors (Lipinski definition) is 5. The summed E-state index contributed by atoms with van der Waals surface area (Å²) in [5.41, 5.74) is 1.73. The highest BCUT2D eigenvalue weighted by Crippen LogP contribution is 2.33. The zero-order valence-electron chi connectivity index (χ0n) is 17.7. The number of halogens is 1. The molecule has 1 aromatic carbocycles. The number of aryl methyl sites for hydroxylation is 2. The highest BCUT2D eigenvalue weighted by atomic mass is 35.5. The molecule has 2 aliphatic heterocycles. The lowest BCUT2D eigenvalue weighted by atomic mass is 10.2. The molecule has 0 saturated carbocycles. The molecule has 2 amide bonds. The number of fused-ring (bicyclic) bond motifs is 2. The van der Waals surface area contributed by atoms with Crippen LogP contribution < -0.4 is 15.8 Å². The highest BCUT2D eigenvalue weighted by Gasteiger charge is 2.25. The molecule has 1 fully saturated rings. The van der Waals surface area contributed by atoms with Crippen LogP contribution in [0.25, 0.3) is 10.2 Å². The maximum Gasteiger partial charge on any atom is 0.266 e. The Morgan fingerprint density at radius 1 is 1.12 bits per heavy atom. The summed E-state index contributed by atoms with van der Waals surface area (Å²) in [7, 11) is 0. The summed E-state index contributed by atoms with van der Waals surface area (Å²) in [6, 6.07) is 5.19. The lowest BCUT2D eigenvalue weighted by Gasteiger charge is -2.17. The van der Waals surface area contributed by atoms with Gasteiger partial charge in [0.25, 0.3) is 11.5 Å². The highest BCUT2D eigenvalue weighted by molar-refractivity contribution is 7.20. The van der Waals surface area contributed by atoms with Crippen LogP contribution in [0, 0.1) is 6.92 Å². The second kappa shape index (κ2) is 8.33. The van der Waals surface area contributed by atoms with Gasteiger partial charge < -0.3 is 10.2 Å². The number of carbonyl (C=O) groups excluding carboxylic acids is 2. The third-order valence-electron chi connectivity index (χ3n) is 6.20. The van der Waals surface area contributed by atoms with Crippen molar-refractivity contribution in [1.29, 1.82) is 0 Å². The SMILES string of the molecule is Cc1c(C(=O)Nc2cc(N3CCCC3=O)ccc2Cl)sc2nc3n(c(=O)c12)CCCCC3. The van der Waals surface area contributed by atoms with E-state index in [4.69, 9.17) is 16.6 Å². The number of hydrogen-bond donors (Lipinski definition) is 1. The number of amides is 2. The van der Waals surface area contributed by atoms with Crippen LogP contribution in [0.5, 0.6) is 0 Å². The standard InChI is InChI=1S/C23H23ClN4O3S/c1-13-19-22(26-17-6-3-2-4-10-28(17)23(19)31)32-20(13)21(30)25-16-12-14(8-9-15(16)24)27-11-5-7-18(27)29/h8-9,12H,2-7,10-11H2,1H3,(H,25,30). The molecule has 3 aromatic rings. The molecule has 0 aliphatic carbocycles. The van der Waals surface area contributed by atoms with Crippen molar-refractivity contribution < 1.29 is 9.59 Å². The van der Waals surface area contributed by atoms with Crippen LogP contribution in [0.1, 0.15) is 53.2 Å². The van der Waals surface area contributed by atoms with E-state index in [-0.39, 0.29) is 17.4 Å². The second-order valence-corrected chi connectivity index (χ2v) is 9.71. The molecule has 2 aromatic heterocycles. The molecule has 0 radical (unpaired) electrons. The number of aromatic nitrogens is 2. The van der Waals surface area contributed by atoms with Crippen LogP contribution in [0.2, 0.25) is 5.02 Å². The largest absolute Gasteiger partial charge is 0.320 e. The molecule has 5 rings (SSSR count). The second-order valence-electron chi connectivity index (χ2n) is 8.30. The predicted molar refractivity (Wildman–Crippen MR) is 127 cm³/mol. The molecule has 0 atom stereocenters. The van der Waals surface area contributed by atoms with Gasteiger partial charge >= 0.3 is 0 Å². The van der Waals surface area contributed by atoms with E-state index < -0.39 is 0 Å². The lowest BCUT2D eigenvalue weighted by molar-refractivity contribution is -0.117. The van der Waals surface area contributed by atoms with Crippen LogP contribution in [0.3, 0.4) is 0 Å². The first-order chi connectivity index (χ1) is 15.4. The van der Waals surface area contributed by atoms with Crippen LogP contribution >= 0.6 is 22.9 Å². The van der Waals surface area contributed by atoms with Gasteiger partial charge in [-0.25, -0.2) is 4.98 Å². The minimum absolute atomic E-state index is 0.0627. The number of carbonyl (C=O) groups is 2. The molecular weight excluding hydrogens is 448 g/mol. The summed E-state index contributed by atoms with van der Waals surface area (Å²) in [5.74, 6) is 0.535. The zero-order chi connectivity index (χ0) is 22.4. The van der Waals surface area contributed by atoms with Crippen LogP contribution in [0.15, 0.2) is 23.0 Å². The Morgan fingerprint density at radius 3 is 2.75 bits per heavy atom. The fraction of sp³-hybridized carbons (Fsp3) is 0.391. The van der Waals surface area contributed by atoms with Gasteiger partial charge in [0.05, 0.1) is 21.0 Å². The van der Waals surface area contributed by atoms with Crippen LogP contribution in [-0.2, 0) is 17.8 Å². The normalized spacial score (nSPS) is 16.3. The van der Waals surface area contributed by atoms with Gasteiger partial charge in [0.1, 0.15) is 10.7 Å². The quantitative estimate of drug-likeness (QED) is 0.609. The monoisotopic (exact) mass is 470 g/mol. The van der Waals surface area contributed by atoms with Gasteiger partial charge in [-0.2, -0.15) is 0 Å². The van der Waals surface area contributed by atoms with E-state index in [0.29, 0.717) is 56.6 Å². The van der Waals surface area contributed by atoms with Crippen LogP contribution in [-0.4, -0.2) is 27.9 Å². The molecule has 0 spiro atoms. The number of rotatable bonds is 3. The number of anilines is 2. The molecule has 1 saturated heterocycles. The average Bonchev–Trinajstić information content (AvgIpc) is 3.24. The summed E-state index contributed by atoms with van der Waals surface area (Å²) in [4.78, 5) is 45.9. The maximum atomic E-state index is 13.2. The van der Waals surface area contributed by atoms with E-state index in [1.54, 1.807) is 34.6 Å². The first-order valence-electron chi connectivity index (χ1n) is 10.9. The van der Waals surface area contributed by atoms with Gasteiger partial charge in [-0.3, -0.25) is 19.0 Å². The Kier molecular flexibility index (Phi) is 5.51. The van der Waals surface area contributed by atoms with Crippen molar-refractivity contribution in [3.05, 3.63) is 49.8 Å². The topological polar surface area (TPSA) is 84.3 Å². The predicted octanol–water partition coefficient (Wildman–Crippen LogP) is 4.53. The Morgan fingerprint density at radius 2 is 1.97 bits per heavy atom. The van der Waals surface area contributed by atoms with E-state index in [2.05, 4.69) is 5.32 Å². The summed E-state index contributed by atoms with van der Waals surface area (Å²) in [6.45, 7) is 3.12. The first kappa shape index (κ1) is 21.2. The third-order valence-corrected chi connectivity index (χ3v) is 7.72. The van der Waals surface area contributed by atoms with E-state index in [1.807, 2.05) is 0 Å². The van der Waals surface area contributed by atoms with Crippen molar-refractivity contribution in [3.63, 3.8) is 0 Å². The minimum Gasteiger partial charge on any atom is -0.320 e. The lowest BCUT2D eigenvalue weighted by Crippen LogP contribution is -2.24. The number of nitrogens with one attached hydrogen (secondary N) is 1. The van der Waals surface area contributed by atoms with Gasteiger partial charge in [0, 0.05) is 31.6 Å². The Labute approximate surface area is 194 Å². The molecule has 7 nitrogen and oxygen atoms in total. The van der Waals surface area contributed by atoms with Crippen molar-refractivity contribution in [2.45, 2.75) is 52.0 Å². The number of benzene rings is 1. The van der Waals surface area contributed by atoms with Crippen molar-refractivity contribution >= 4 is 56.3 Å². The molecule has 166 valence electrons. The molecule has 4 heterocycles. The van der Waals surface area contributed by atoms with Gasteiger partial charge in [0.15, 0.2) is 0 Å². The van der Waals surface area contributed by atoms with Crippen LogP contribution in [0.4, 0.5) is 11.4 Å². The molecular formula is C23H23ClN4O3S. The third kappa shape index (κ3) is 3.61. The summed E-state index contributed by atoms with van der Waals surface area (Å²) >= 11 is 7.57. The van der Waals surface area contributed by atoms with E-state index in [0.717, 1.165) is 37.9 Å². The van der Waals surface area contributed by atoms with E-state index >= 15 is 0 Å². The maximum absolute atomic E-state index is 13.2. The van der Waals surface area contributed by atoms with Gasteiger partial charge in [-0.1, -0.05) is 18.0 Å². The van der Waals surface area contributed by atoms with Crippen molar-refractivity contribution in [3.8, 4) is 0 Å². The molecule has 0 bridgehead atoms. The van der Waals surface area contributed by atoms with Crippen molar-refractivity contribution in [2.75, 3.05) is 16.8 Å². The molecule has 2 aliphatic rings. The Bertz CT molecular complexity index is 1310. The summed E-state index contributed by atoms with van der Waals surface area (Å²) < 4.78 is 1.77. The Balaban J connectivity index is 1.49. The number of thiophene rings is 1. The smallest absolute Gasteiger partial charge is 0.266 e. The van der Waals surface area contributed by atoms with Crippen molar-refractivity contribution in [1.82, 2.24) is 9.55 Å². The molecule has 9 heteroatoms. The molecule has 32 heavy (non-hydrogen) atoms.